The van der Waals surface area contributed by atoms with Gasteiger partial charge in [0.2, 0.25) is 16.9 Å². The number of nitrogens with zero attached hydrogens (tertiary/aromatic N) is 2. The highest BCUT2D eigenvalue weighted by atomic mass is 79.9. The molecule has 2 amide bonds. The summed E-state index contributed by atoms with van der Waals surface area (Å²) in [5.74, 6) is 0.400. The van der Waals surface area contributed by atoms with Crippen LogP contribution in [0.4, 0.5) is 5.13 Å². The second-order valence-corrected chi connectivity index (χ2v) is 9.92. The van der Waals surface area contributed by atoms with Crippen LogP contribution in [-0.4, -0.2) is 28.1 Å². The molecule has 2 aromatic rings. The summed E-state index contributed by atoms with van der Waals surface area (Å²) in [4.78, 5) is 25.4. The van der Waals surface area contributed by atoms with E-state index in [1.807, 2.05) is 38.1 Å². The van der Waals surface area contributed by atoms with Gasteiger partial charge in [-0.15, -0.1) is 10.2 Å². The summed E-state index contributed by atoms with van der Waals surface area (Å²) in [6, 6.07) is 7.20. The summed E-state index contributed by atoms with van der Waals surface area (Å²) in [7, 11) is 0. The van der Waals surface area contributed by atoms with Gasteiger partial charge in [-0.1, -0.05) is 85.4 Å². The average molecular weight is 493 g/mol. The summed E-state index contributed by atoms with van der Waals surface area (Å²) in [6.45, 7) is 4.00. The van der Waals surface area contributed by atoms with Gasteiger partial charge in [0.1, 0.15) is 11.0 Å². The zero-order valence-corrected chi connectivity index (χ0v) is 19.9. The zero-order chi connectivity index (χ0) is 21.5. The zero-order valence-electron chi connectivity index (χ0n) is 17.5. The lowest BCUT2D eigenvalue weighted by molar-refractivity contribution is -0.127. The first-order valence-electron chi connectivity index (χ1n) is 10.7. The molecule has 2 N–H and O–H groups in total. The van der Waals surface area contributed by atoms with Crippen molar-refractivity contribution >= 4 is 44.2 Å². The Labute approximate surface area is 190 Å². The first-order valence-corrected chi connectivity index (χ1v) is 12.3. The third-order valence-electron chi connectivity index (χ3n) is 5.81. The van der Waals surface area contributed by atoms with Crippen molar-refractivity contribution in [2.24, 2.45) is 11.8 Å². The van der Waals surface area contributed by atoms with Crippen LogP contribution in [0.2, 0.25) is 0 Å². The van der Waals surface area contributed by atoms with Crippen molar-refractivity contribution < 1.29 is 9.59 Å². The second-order valence-electron chi connectivity index (χ2n) is 8.03. The van der Waals surface area contributed by atoms with Crippen LogP contribution in [0, 0.1) is 11.8 Å². The van der Waals surface area contributed by atoms with Crippen LogP contribution >= 0.6 is 27.3 Å². The number of nitrogens with one attached hydrogen (secondary N) is 2. The van der Waals surface area contributed by atoms with Crippen molar-refractivity contribution in [1.29, 1.82) is 0 Å². The Bertz CT molecular complexity index is 849. The molecule has 0 aliphatic heterocycles. The fraction of sp³-hybridized carbons (Fsp3) is 0.545. The third-order valence-corrected chi connectivity index (χ3v) is 7.23. The first-order chi connectivity index (χ1) is 14.5. The van der Waals surface area contributed by atoms with Crippen LogP contribution in [-0.2, 0) is 9.59 Å². The lowest BCUT2D eigenvalue weighted by Crippen LogP contribution is -2.47. The Kier molecular flexibility index (Phi) is 8.39. The normalized spacial score (nSPS) is 16.2. The molecule has 2 unspecified atom stereocenters. The molecule has 162 valence electrons. The summed E-state index contributed by atoms with van der Waals surface area (Å²) < 4.78 is 0.990. The van der Waals surface area contributed by atoms with E-state index in [1.165, 1.54) is 37.0 Å². The smallest absolute Gasteiger partial charge is 0.249 e. The third kappa shape index (κ3) is 6.35. The predicted molar refractivity (Wildman–Crippen MR) is 124 cm³/mol. The van der Waals surface area contributed by atoms with Gasteiger partial charge in [0.05, 0.1) is 0 Å². The fourth-order valence-corrected chi connectivity index (χ4v) is 4.76. The molecule has 1 aliphatic carbocycles. The Hall–Kier alpha value is -1.80. The second kappa shape index (κ2) is 11.0. The van der Waals surface area contributed by atoms with E-state index >= 15 is 0 Å². The first kappa shape index (κ1) is 22.9. The Morgan fingerprint density at radius 2 is 1.90 bits per heavy atom. The lowest BCUT2D eigenvalue weighted by Gasteiger charge is -2.23. The van der Waals surface area contributed by atoms with Gasteiger partial charge >= 0.3 is 0 Å². The van der Waals surface area contributed by atoms with Gasteiger partial charge in [0.25, 0.3) is 0 Å². The topological polar surface area (TPSA) is 84.0 Å². The highest BCUT2D eigenvalue weighted by Gasteiger charge is 2.27. The van der Waals surface area contributed by atoms with Crippen LogP contribution in [0.1, 0.15) is 58.8 Å². The van der Waals surface area contributed by atoms with Crippen LogP contribution in [0.3, 0.4) is 0 Å². The minimum atomic E-state index is -0.578. The molecule has 1 saturated carbocycles. The van der Waals surface area contributed by atoms with Crippen LogP contribution in [0.5, 0.6) is 0 Å². The number of carbonyl (C=O) groups is 2. The van der Waals surface area contributed by atoms with Crippen molar-refractivity contribution in [3.63, 3.8) is 0 Å². The van der Waals surface area contributed by atoms with E-state index < -0.39 is 6.04 Å². The monoisotopic (exact) mass is 492 g/mol. The molecule has 1 heterocycles. The molecule has 0 spiro atoms. The van der Waals surface area contributed by atoms with E-state index in [0.717, 1.165) is 27.9 Å². The SMILES string of the molecule is CCC(C)C(NC(=O)CCC1CCCC1)C(=O)Nc1nnc(-c2ccc(Br)cc2)s1. The number of hydrogen-bond acceptors (Lipinski definition) is 5. The number of benzene rings is 1. The fourth-order valence-electron chi connectivity index (χ4n) is 3.75. The number of halogens is 1. The van der Waals surface area contributed by atoms with Crippen molar-refractivity contribution in [3.05, 3.63) is 28.7 Å². The maximum atomic E-state index is 12.9. The van der Waals surface area contributed by atoms with E-state index in [0.29, 0.717) is 17.5 Å². The summed E-state index contributed by atoms with van der Waals surface area (Å²) in [6.07, 6.45) is 7.18. The number of amides is 2. The van der Waals surface area contributed by atoms with Crippen molar-refractivity contribution in [1.82, 2.24) is 15.5 Å². The Morgan fingerprint density at radius 1 is 1.20 bits per heavy atom. The quantitative estimate of drug-likeness (QED) is 0.490. The van der Waals surface area contributed by atoms with E-state index in [4.69, 9.17) is 0 Å². The number of anilines is 1. The summed E-state index contributed by atoms with van der Waals surface area (Å²) in [5.41, 5.74) is 0.940. The van der Waals surface area contributed by atoms with E-state index in [1.54, 1.807) is 0 Å². The van der Waals surface area contributed by atoms with E-state index in [2.05, 4.69) is 36.8 Å². The Morgan fingerprint density at radius 3 is 2.57 bits per heavy atom. The van der Waals surface area contributed by atoms with Gasteiger partial charge in [-0.3, -0.25) is 14.9 Å². The van der Waals surface area contributed by atoms with Crippen molar-refractivity contribution in [2.45, 2.75) is 64.8 Å². The van der Waals surface area contributed by atoms with Gasteiger partial charge < -0.3 is 5.32 Å². The van der Waals surface area contributed by atoms with Gasteiger partial charge in [0, 0.05) is 16.5 Å². The maximum absolute atomic E-state index is 12.9. The minimum Gasteiger partial charge on any atom is -0.344 e. The van der Waals surface area contributed by atoms with Gasteiger partial charge in [0.15, 0.2) is 0 Å². The lowest BCUT2D eigenvalue weighted by atomic mass is 9.97. The van der Waals surface area contributed by atoms with Crippen molar-refractivity contribution in [3.8, 4) is 10.6 Å². The molecule has 1 aromatic carbocycles. The number of carbonyl (C=O) groups excluding carboxylic acids is 2. The molecule has 3 rings (SSSR count). The molecular weight excluding hydrogens is 464 g/mol. The number of hydrogen-bond donors (Lipinski definition) is 2. The molecule has 2 atom stereocenters. The molecule has 6 nitrogen and oxygen atoms in total. The highest BCUT2D eigenvalue weighted by Crippen LogP contribution is 2.29. The molecule has 0 radical (unpaired) electrons. The van der Waals surface area contributed by atoms with Gasteiger partial charge in [-0.05, 0) is 30.4 Å². The highest BCUT2D eigenvalue weighted by molar-refractivity contribution is 9.10. The summed E-state index contributed by atoms with van der Waals surface area (Å²) >= 11 is 4.74. The molecule has 30 heavy (non-hydrogen) atoms. The molecule has 1 fully saturated rings. The minimum absolute atomic E-state index is 0.0271. The molecule has 8 heteroatoms. The summed E-state index contributed by atoms with van der Waals surface area (Å²) in [5, 5.41) is 15.3. The Balaban J connectivity index is 1.59. The number of aromatic nitrogens is 2. The average Bonchev–Trinajstić information content (AvgIpc) is 3.42. The van der Waals surface area contributed by atoms with Gasteiger partial charge in [-0.2, -0.15) is 0 Å². The van der Waals surface area contributed by atoms with Crippen LogP contribution in [0.15, 0.2) is 28.7 Å². The molecular formula is C22H29BrN4O2S. The van der Waals surface area contributed by atoms with Gasteiger partial charge in [-0.25, -0.2) is 0 Å². The van der Waals surface area contributed by atoms with Crippen molar-refractivity contribution in [2.75, 3.05) is 5.32 Å². The van der Waals surface area contributed by atoms with E-state index in [9.17, 15) is 9.59 Å². The molecule has 0 saturated heterocycles. The van der Waals surface area contributed by atoms with Crippen LogP contribution in [0.25, 0.3) is 10.6 Å². The molecule has 1 aliphatic rings. The standard InChI is InChI=1S/C22H29BrN4O2S/c1-3-14(2)19(24-18(28)13-8-15-6-4-5-7-15)20(29)25-22-27-26-21(30-22)16-9-11-17(23)12-10-16/h9-12,14-15,19H,3-8,13H2,1-2H3,(H,24,28)(H,25,27,29). The largest absolute Gasteiger partial charge is 0.344 e. The number of rotatable bonds is 9. The van der Waals surface area contributed by atoms with Crippen LogP contribution < -0.4 is 10.6 Å². The molecule has 1 aromatic heterocycles. The maximum Gasteiger partial charge on any atom is 0.249 e. The van der Waals surface area contributed by atoms with E-state index in [-0.39, 0.29) is 17.7 Å². The molecule has 0 bridgehead atoms. The predicted octanol–water partition coefficient (Wildman–Crippen LogP) is 5.41.